The standard InChI is InChI=1S/C24H32N4O5/c1-16(29)19-11-17(24(30)27-6-4-7-27)12-20-23(19)26-21(13-25-20)28-8-10-31-18(14-28)15-33-22-5-2-3-9-32-22/h11-13,16,18,22,29H,2-10,14-15H2,1H3/t16?,18-,22?/m0/s1. The molecule has 5 rings (SSSR count). The van der Waals surface area contributed by atoms with E-state index in [0.29, 0.717) is 48.5 Å². The molecule has 1 N–H and O–H groups in total. The van der Waals surface area contributed by atoms with Crippen LogP contribution in [0.1, 0.15) is 54.6 Å². The minimum atomic E-state index is -0.762. The molecule has 1 amide bonds. The Morgan fingerprint density at radius 1 is 1.21 bits per heavy atom. The zero-order chi connectivity index (χ0) is 22.8. The Balaban J connectivity index is 1.33. The number of carbonyl (C=O) groups excluding carboxylic acids is 1. The summed E-state index contributed by atoms with van der Waals surface area (Å²) in [4.78, 5) is 26.1. The van der Waals surface area contributed by atoms with E-state index in [2.05, 4.69) is 9.88 Å². The molecule has 3 fully saturated rings. The largest absolute Gasteiger partial charge is 0.389 e. The molecule has 0 spiro atoms. The van der Waals surface area contributed by atoms with Gasteiger partial charge in [-0.3, -0.25) is 9.78 Å². The van der Waals surface area contributed by atoms with Gasteiger partial charge in [-0.05, 0) is 44.7 Å². The number of fused-ring (bicyclic) bond motifs is 1. The second-order valence-corrected chi connectivity index (χ2v) is 9.05. The van der Waals surface area contributed by atoms with Crippen molar-refractivity contribution in [3.63, 3.8) is 0 Å². The molecule has 9 nitrogen and oxygen atoms in total. The van der Waals surface area contributed by atoms with E-state index in [4.69, 9.17) is 19.2 Å². The Kier molecular flexibility index (Phi) is 6.73. The first-order chi connectivity index (χ1) is 16.1. The van der Waals surface area contributed by atoms with Gasteiger partial charge < -0.3 is 29.1 Å². The zero-order valence-corrected chi connectivity index (χ0v) is 19.1. The fraction of sp³-hybridized carbons (Fsp3) is 0.625. The summed E-state index contributed by atoms with van der Waals surface area (Å²) >= 11 is 0. The van der Waals surface area contributed by atoms with Crippen LogP contribution in [0, 0.1) is 0 Å². The van der Waals surface area contributed by atoms with Crippen LogP contribution in [0.5, 0.6) is 0 Å². The normalized spacial score (nSPS) is 24.5. The molecule has 4 heterocycles. The van der Waals surface area contributed by atoms with Crippen molar-refractivity contribution in [3.05, 3.63) is 29.5 Å². The average Bonchev–Trinajstić information content (AvgIpc) is 2.81. The smallest absolute Gasteiger partial charge is 0.253 e. The third-order valence-corrected chi connectivity index (χ3v) is 6.57. The number of hydrogen-bond acceptors (Lipinski definition) is 8. The van der Waals surface area contributed by atoms with Crippen LogP contribution < -0.4 is 4.90 Å². The van der Waals surface area contributed by atoms with Gasteiger partial charge in [-0.1, -0.05) is 0 Å². The van der Waals surface area contributed by atoms with Crippen LogP contribution in [0.3, 0.4) is 0 Å². The number of hydrogen-bond donors (Lipinski definition) is 1. The second-order valence-electron chi connectivity index (χ2n) is 9.05. The van der Waals surface area contributed by atoms with Crippen LogP contribution in [-0.2, 0) is 14.2 Å². The van der Waals surface area contributed by atoms with Crippen molar-refractivity contribution in [1.82, 2.24) is 14.9 Å². The quantitative estimate of drug-likeness (QED) is 0.707. The number of carbonyl (C=O) groups is 1. The number of rotatable bonds is 6. The minimum Gasteiger partial charge on any atom is -0.389 e. The van der Waals surface area contributed by atoms with Gasteiger partial charge in [0, 0.05) is 43.9 Å². The van der Waals surface area contributed by atoms with Gasteiger partial charge in [-0.2, -0.15) is 0 Å². The summed E-state index contributed by atoms with van der Waals surface area (Å²) in [6.45, 7) is 6.40. The molecular weight excluding hydrogens is 424 g/mol. The average molecular weight is 457 g/mol. The lowest BCUT2D eigenvalue weighted by Gasteiger charge is -2.34. The predicted molar refractivity (Wildman–Crippen MR) is 122 cm³/mol. The van der Waals surface area contributed by atoms with Crippen molar-refractivity contribution in [1.29, 1.82) is 0 Å². The maximum Gasteiger partial charge on any atom is 0.253 e. The van der Waals surface area contributed by atoms with E-state index in [1.807, 2.05) is 4.90 Å². The third kappa shape index (κ3) is 4.96. The highest BCUT2D eigenvalue weighted by Crippen LogP contribution is 2.28. The van der Waals surface area contributed by atoms with E-state index in [1.54, 1.807) is 25.3 Å². The Bertz CT molecular complexity index is 990. The van der Waals surface area contributed by atoms with Gasteiger partial charge in [-0.25, -0.2) is 4.98 Å². The lowest BCUT2D eigenvalue weighted by Crippen LogP contribution is -2.45. The number of amides is 1. The highest BCUT2D eigenvalue weighted by molar-refractivity contribution is 5.98. The molecule has 1 aromatic heterocycles. The second kappa shape index (κ2) is 9.89. The SMILES string of the molecule is CC(O)c1cc(C(=O)N2CCC2)cc2ncc(N3CCO[C@H](COC4CCCCO4)C3)nc12. The number of aliphatic hydroxyl groups excluding tert-OH is 1. The summed E-state index contributed by atoms with van der Waals surface area (Å²) in [5, 5.41) is 10.4. The lowest BCUT2D eigenvalue weighted by atomic mass is 10.0. The molecule has 2 aromatic rings. The zero-order valence-electron chi connectivity index (χ0n) is 19.1. The van der Waals surface area contributed by atoms with E-state index >= 15 is 0 Å². The number of aliphatic hydroxyl groups is 1. The molecule has 3 aliphatic rings. The molecule has 0 bridgehead atoms. The molecule has 0 aliphatic carbocycles. The van der Waals surface area contributed by atoms with Crippen LogP contribution in [0.4, 0.5) is 5.82 Å². The van der Waals surface area contributed by atoms with Gasteiger partial charge in [0.2, 0.25) is 0 Å². The summed E-state index contributed by atoms with van der Waals surface area (Å²) < 4.78 is 17.5. The Morgan fingerprint density at radius 2 is 2.09 bits per heavy atom. The predicted octanol–water partition coefficient (Wildman–Crippen LogP) is 2.28. The van der Waals surface area contributed by atoms with Gasteiger partial charge in [-0.15, -0.1) is 0 Å². The molecule has 0 radical (unpaired) electrons. The van der Waals surface area contributed by atoms with Crippen molar-refractivity contribution in [2.24, 2.45) is 0 Å². The number of anilines is 1. The number of ether oxygens (including phenoxy) is 3. The molecule has 3 saturated heterocycles. The Morgan fingerprint density at radius 3 is 2.82 bits per heavy atom. The first-order valence-corrected chi connectivity index (χ1v) is 12.0. The first kappa shape index (κ1) is 22.5. The van der Waals surface area contributed by atoms with E-state index in [0.717, 1.165) is 51.2 Å². The molecule has 3 atom stereocenters. The third-order valence-electron chi connectivity index (χ3n) is 6.57. The van der Waals surface area contributed by atoms with Crippen LogP contribution in [0.15, 0.2) is 18.3 Å². The van der Waals surface area contributed by atoms with Gasteiger partial charge in [0.05, 0.1) is 42.7 Å². The van der Waals surface area contributed by atoms with Crippen molar-refractivity contribution < 1.29 is 24.1 Å². The molecule has 33 heavy (non-hydrogen) atoms. The van der Waals surface area contributed by atoms with Gasteiger partial charge >= 0.3 is 0 Å². The molecule has 9 heteroatoms. The maximum atomic E-state index is 12.7. The summed E-state index contributed by atoms with van der Waals surface area (Å²) in [6.07, 6.45) is 4.95. The van der Waals surface area contributed by atoms with Crippen LogP contribution in [-0.4, -0.2) is 84.3 Å². The highest BCUT2D eigenvalue weighted by Gasteiger charge is 2.26. The van der Waals surface area contributed by atoms with Gasteiger partial charge in [0.1, 0.15) is 5.82 Å². The van der Waals surface area contributed by atoms with Gasteiger partial charge in [0.25, 0.3) is 5.91 Å². The Hall–Kier alpha value is -2.33. The summed E-state index contributed by atoms with van der Waals surface area (Å²) in [5.41, 5.74) is 2.41. The molecule has 2 unspecified atom stereocenters. The van der Waals surface area contributed by atoms with Crippen molar-refractivity contribution in [3.8, 4) is 0 Å². The topological polar surface area (TPSA) is 97.3 Å². The highest BCUT2D eigenvalue weighted by atomic mass is 16.7. The molecule has 3 aliphatic heterocycles. The number of nitrogens with zero attached hydrogens (tertiary/aromatic N) is 4. The fourth-order valence-corrected chi connectivity index (χ4v) is 4.51. The summed E-state index contributed by atoms with van der Waals surface area (Å²) in [6, 6.07) is 3.53. The van der Waals surface area contributed by atoms with Crippen LogP contribution in [0.25, 0.3) is 11.0 Å². The van der Waals surface area contributed by atoms with Gasteiger partial charge in [0.15, 0.2) is 6.29 Å². The lowest BCUT2D eigenvalue weighted by molar-refractivity contribution is -0.180. The molecule has 0 saturated carbocycles. The number of benzene rings is 1. The summed E-state index contributed by atoms with van der Waals surface area (Å²) in [7, 11) is 0. The first-order valence-electron chi connectivity index (χ1n) is 12.0. The summed E-state index contributed by atoms with van der Waals surface area (Å²) in [5.74, 6) is 0.710. The maximum absolute atomic E-state index is 12.7. The van der Waals surface area contributed by atoms with E-state index in [9.17, 15) is 9.90 Å². The van der Waals surface area contributed by atoms with Crippen molar-refractivity contribution in [2.75, 3.05) is 50.9 Å². The number of aromatic nitrogens is 2. The number of morpholine rings is 1. The van der Waals surface area contributed by atoms with Crippen molar-refractivity contribution in [2.45, 2.75) is 51.1 Å². The van der Waals surface area contributed by atoms with Crippen molar-refractivity contribution >= 4 is 22.8 Å². The molecular formula is C24H32N4O5. The fourth-order valence-electron chi connectivity index (χ4n) is 4.51. The monoisotopic (exact) mass is 456 g/mol. The molecule has 178 valence electrons. The minimum absolute atomic E-state index is 0.0195. The Labute approximate surface area is 193 Å². The van der Waals surface area contributed by atoms with Crippen LogP contribution >= 0.6 is 0 Å². The van der Waals surface area contributed by atoms with E-state index < -0.39 is 6.10 Å². The van der Waals surface area contributed by atoms with Crippen LogP contribution in [0.2, 0.25) is 0 Å². The molecule has 1 aromatic carbocycles. The number of likely N-dealkylation sites (tertiary alicyclic amines) is 1. The van der Waals surface area contributed by atoms with E-state index in [-0.39, 0.29) is 18.3 Å². The van der Waals surface area contributed by atoms with E-state index in [1.165, 1.54) is 0 Å².